The van der Waals surface area contributed by atoms with Crippen LogP contribution < -0.4 is 16.1 Å². The Morgan fingerprint density at radius 1 is 1.06 bits per heavy atom. The first kappa shape index (κ1) is 26.9. The van der Waals surface area contributed by atoms with Gasteiger partial charge in [0.2, 0.25) is 0 Å². The molecule has 1 N–H and O–H groups in total. The monoisotopic (exact) mass is 466 g/mol. The summed E-state index contributed by atoms with van der Waals surface area (Å²) in [7, 11) is 0. The summed E-state index contributed by atoms with van der Waals surface area (Å²) < 4.78 is 6.48. The Bertz CT molecular complexity index is 1350. The summed E-state index contributed by atoms with van der Waals surface area (Å²) in [6, 6.07) is 1.64. The van der Waals surface area contributed by atoms with Crippen molar-refractivity contribution in [2.45, 2.75) is 74.6 Å². The van der Waals surface area contributed by atoms with Crippen molar-refractivity contribution in [3.8, 4) is 11.4 Å². The summed E-state index contributed by atoms with van der Waals surface area (Å²) in [6.45, 7) is 19.6. The third-order valence-electron chi connectivity index (χ3n) is 5.79. The van der Waals surface area contributed by atoms with Crippen molar-refractivity contribution in [3.63, 3.8) is 0 Å². The molecule has 1 aliphatic carbocycles. The van der Waals surface area contributed by atoms with Crippen LogP contribution in [0.1, 0.15) is 76.8 Å². The highest BCUT2D eigenvalue weighted by molar-refractivity contribution is 6.27. The number of allylic oxidation sites excluding steroid dienone is 1. The molecule has 0 aromatic carbocycles. The first-order valence-corrected chi connectivity index (χ1v) is 11.9. The summed E-state index contributed by atoms with van der Waals surface area (Å²) in [5.41, 5.74) is 4.12. The van der Waals surface area contributed by atoms with Gasteiger partial charge in [-0.1, -0.05) is 48.1 Å². The van der Waals surface area contributed by atoms with Crippen LogP contribution in [0.2, 0.25) is 0 Å². The van der Waals surface area contributed by atoms with Crippen molar-refractivity contribution in [3.05, 3.63) is 61.4 Å². The maximum atomic E-state index is 13.0. The summed E-state index contributed by atoms with van der Waals surface area (Å²) in [5, 5.41) is 11.6. The number of hydrogen-bond donors (Lipinski definition) is 1. The molecule has 0 saturated heterocycles. The van der Waals surface area contributed by atoms with Crippen LogP contribution >= 0.6 is 0 Å². The third-order valence-corrected chi connectivity index (χ3v) is 5.79. The van der Waals surface area contributed by atoms with Crippen molar-refractivity contribution in [1.82, 2.24) is 9.55 Å². The molecule has 0 fully saturated rings. The van der Waals surface area contributed by atoms with Crippen LogP contribution in [0.4, 0.5) is 0 Å². The SMILES string of the molecule is C=C1C=c2nc3c(c(C)c2=C(C)C1=O)Cn1c-3cc2c(c1=O)COC(=O)C2O.CC.CC.CC. The van der Waals surface area contributed by atoms with E-state index in [1.54, 1.807) is 23.6 Å². The first-order chi connectivity index (χ1) is 16.3. The molecule has 34 heavy (non-hydrogen) atoms. The van der Waals surface area contributed by atoms with Gasteiger partial charge in [-0.2, -0.15) is 0 Å². The highest BCUT2D eigenvalue weighted by Gasteiger charge is 2.34. The van der Waals surface area contributed by atoms with Crippen molar-refractivity contribution in [2.75, 3.05) is 0 Å². The number of aromatic nitrogens is 2. The number of ketones is 1. The smallest absolute Gasteiger partial charge is 0.340 e. The molecule has 182 valence electrons. The fourth-order valence-corrected chi connectivity index (χ4v) is 4.29. The van der Waals surface area contributed by atoms with Gasteiger partial charge in [0.05, 0.1) is 28.8 Å². The lowest BCUT2D eigenvalue weighted by Crippen LogP contribution is -2.38. The largest absolute Gasteiger partial charge is 0.458 e. The van der Waals surface area contributed by atoms with Gasteiger partial charge in [0.25, 0.3) is 5.56 Å². The second-order valence-corrected chi connectivity index (χ2v) is 7.31. The van der Waals surface area contributed by atoms with E-state index in [4.69, 9.17) is 9.72 Å². The Labute approximate surface area is 200 Å². The molecule has 1 unspecified atom stereocenters. The summed E-state index contributed by atoms with van der Waals surface area (Å²) in [4.78, 5) is 41.7. The zero-order chi connectivity index (χ0) is 25.9. The molecule has 1 atom stereocenters. The Kier molecular flexibility index (Phi) is 8.51. The highest BCUT2D eigenvalue weighted by atomic mass is 16.5. The molecule has 7 nitrogen and oxygen atoms in total. The lowest BCUT2D eigenvalue weighted by Gasteiger charge is -2.21. The predicted octanol–water partition coefficient (Wildman–Crippen LogP) is 2.84. The standard InChI is InChI=1S/C21H16N2O5.3C2H6/c1-8-4-14-16(10(3)18(8)24)9(2)12-6-23-15(17(12)22-14)5-11-13(20(23)26)7-28-21(27)19(11)25;3*1-2/h4-5,19,25H,1,6-7H2,2-3H3;3*1-2H3. The van der Waals surface area contributed by atoms with E-state index in [1.807, 2.05) is 48.5 Å². The van der Waals surface area contributed by atoms with Crippen LogP contribution in [-0.4, -0.2) is 26.4 Å². The van der Waals surface area contributed by atoms with Gasteiger partial charge in [0.1, 0.15) is 6.61 Å². The van der Waals surface area contributed by atoms with Gasteiger partial charge < -0.3 is 14.4 Å². The van der Waals surface area contributed by atoms with Gasteiger partial charge in [-0.15, -0.1) is 0 Å². The number of rotatable bonds is 0. The number of cyclic esters (lactones) is 1. The van der Waals surface area contributed by atoms with Gasteiger partial charge in [0, 0.05) is 27.5 Å². The number of hydrogen-bond acceptors (Lipinski definition) is 6. The van der Waals surface area contributed by atoms with Gasteiger partial charge in [-0.05, 0) is 31.6 Å². The Balaban J connectivity index is 0.000000633. The van der Waals surface area contributed by atoms with E-state index < -0.39 is 12.1 Å². The molecule has 0 bridgehead atoms. The molecule has 5 rings (SSSR count). The van der Waals surface area contributed by atoms with E-state index in [0.717, 1.165) is 16.3 Å². The number of aliphatic hydroxyl groups excluding tert-OH is 1. The van der Waals surface area contributed by atoms with E-state index in [-0.39, 0.29) is 29.1 Å². The average molecular weight is 467 g/mol. The van der Waals surface area contributed by atoms with E-state index in [9.17, 15) is 19.5 Å². The van der Waals surface area contributed by atoms with E-state index >= 15 is 0 Å². The second-order valence-electron chi connectivity index (χ2n) is 7.31. The van der Waals surface area contributed by atoms with E-state index in [1.165, 1.54) is 0 Å². The van der Waals surface area contributed by atoms with E-state index in [2.05, 4.69) is 6.58 Å². The van der Waals surface area contributed by atoms with Gasteiger partial charge >= 0.3 is 5.97 Å². The molecule has 0 amide bonds. The summed E-state index contributed by atoms with van der Waals surface area (Å²) in [6.07, 6.45) is 0.174. The lowest BCUT2D eigenvalue weighted by molar-refractivity contribution is -0.157. The maximum absolute atomic E-state index is 13.0. The predicted molar refractivity (Wildman–Crippen MR) is 134 cm³/mol. The number of fused-ring (bicyclic) bond motifs is 5. The topological polar surface area (TPSA) is 98.5 Å². The van der Waals surface area contributed by atoms with Crippen LogP contribution in [0.25, 0.3) is 23.0 Å². The zero-order valence-electron chi connectivity index (χ0n) is 21.3. The highest BCUT2D eigenvalue weighted by Crippen LogP contribution is 2.33. The molecule has 0 spiro atoms. The van der Waals surface area contributed by atoms with Crippen molar-refractivity contribution in [2.24, 2.45) is 0 Å². The summed E-state index contributed by atoms with van der Waals surface area (Å²) >= 11 is 0. The van der Waals surface area contributed by atoms with Gasteiger partial charge in [0.15, 0.2) is 11.9 Å². The minimum Gasteiger partial charge on any atom is -0.458 e. The molecular formula is C27H34N2O5. The first-order valence-electron chi connectivity index (χ1n) is 11.9. The molecule has 7 heteroatoms. The van der Waals surface area contributed by atoms with Crippen LogP contribution in [-0.2, 0) is 27.5 Å². The van der Waals surface area contributed by atoms with E-state index in [0.29, 0.717) is 34.4 Å². The van der Waals surface area contributed by atoms with Crippen LogP contribution in [0.15, 0.2) is 23.0 Å². The Hall–Kier alpha value is -3.32. The number of Topliss-reactive ketones (excluding diaryl/α,β-unsaturated/α-hetero) is 1. The number of carbonyl (C=O) groups is 2. The summed E-state index contributed by atoms with van der Waals surface area (Å²) in [5.74, 6) is -0.878. The lowest BCUT2D eigenvalue weighted by atomic mass is 9.93. The van der Waals surface area contributed by atoms with Crippen LogP contribution in [0.3, 0.4) is 0 Å². The Morgan fingerprint density at radius 2 is 1.68 bits per heavy atom. The number of pyridine rings is 2. The fraction of sp³-hybridized carbons (Fsp3) is 0.407. The number of ether oxygens (including phenoxy) is 1. The Morgan fingerprint density at radius 3 is 2.29 bits per heavy atom. The molecule has 2 aromatic heterocycles. The minimum absolute atomic E-state index is 0.112. The van der Waals surface area contributed by atoms with Crippen LogP contribution in [0.5, 0.6) is 0 Å². The molecule has 0 radical (unpaired) electrons. The zero-order valence-corrected chi connectivity index (χ0v) is 21.3. The van der Waals surface area contributed by atoms with Crippen molar-refractivity contribution < 1.29 is 19.4 Å². The molecule has 4 heterocycles. The fourth-order valence-electron chi connectivity index (χ4n) is 4.29. The van der Waals surface area contributed by atoms with Crippen LogP contribution in [0, 0.1) is 6.92 Å². The number of aliphatic hydroxyl groups is 1. The number of esters is 1. The normalized spacial score (nSPS) is 16.6. The van der Waals surface area contributed by atoms with Gasteiger partial charge in [-0.25, -0.2) is 9.78 Å². The second kappa shape index (κ2) is 10.7. The number of carbonyl (C=O) groups excluding carboxylic acids is 2. The number of nitrogens with zero attached hydrogens (tertiary/aromatic N) is 2. The molecular weight excluding hydrogens is 432 g/mol. The molecule has 2 aliphatic heterocycles. The molecule has 0 saturated carbocycles. The molecule has 3 aliphatic rings. The third kappa shape index (κ3) is 4.05. The minimum atomic E-state index is -1.48. The van der Waals surface area contributed by atoms with Crippen molar-refractivity contribution in [1.29, 1.82) is 0 Å². The average Bonchev–Trinajstić information content (AvgIpc) is 3.23. The van der Waals surface area contributed by atoms with Crippen molar-refractivity contribution >= 4 is 23.4 Å². The van der Waals surface area contributed by atoms with Gasteiger partial charge in [-0.3, -0.25) is 9.59 Å². The maximum Gasteiger partial charge on any atom is 0.340 e. The quantitative estimate of drug-likeness (QED) is 0.404. The molecule has 2 aromatic rings.